The SMILES string of the molecule is CCCC[C@H](NC(=O)c1ccc(OC)c(-n2cnnn2)c1)C(=O)O. The molecule has 1 aromatic heterocycles. The number of hydrogen-bond donors (Lipinski definition) is 2. The minimum atomic E-state index is -1.05. The van der Waals surface area contributed by atoms with E-state index in [9.17, 15) is 14.7 Å². The molecule has 1 heterocycles. The number of aromatic nitrogens is 4. The molecule has 0 aliphatic carbocycles. The Morgan fingerprint density at radius 1 is 1.42 bits per heavy atom. The zero-order valence-corrected chi connectivity index (χ0v) is 13.5. The summed E-state index contributed by atoms with van der Waals surface area (Å²) in [6, 6.07) is 3.79. The van der Waals surface area contributed by atoms with Crippen LogP contribution < -0.4 is 10.1 Å². The van der Waals surface area contributed by atoms with Gasteiger partial charge in [0.15, 0.2) is 0 Å². The van der Waals surface area contributed by atoms with E-state index in [0.29, 0.717) is 23.4 Å². The largest absolute Gasteiger partial charge is 0.494 e. The number of carbonyl (C=O) groups excluding carboxylic acids is 1. The van der Waals surface area contributed by atoms with Gasteiger partial charge in [-0.1, -0.05) is 19.8 Å². The van der Waals surface area contributed by atoms with E-state index >= 15 is 0 Å². The zero-order valence-electron chi connectivity index (χ0n) is 13.5. The number of nitrogens with one attached hydrogen (secondary N) is 1. The minimum Gasteiger partial charge on any atom is -0.494 e. The fourth-order valence-corrected chi connectivity index (χ4v) is 2.19. The van der Waals surface area contributed by atoms with Crippen molar-refractivity contribution < 1.29 is 19.4 Å². The first-order chi connectivity index (χ1) is 11.6. The number of tetrazole rings is 1. The summed E-state index contributed by atoms with van der Waals surface area (Å²) in [5, 5.41) is 22.6. The maximum absolute atomic E-state index is 12.4. The fraction of sp³-hybridized carbons (Fsp3) is 0.400. The van der Waals surface area contributed by atoms with Crippen LogP contribution in [-0.4, -0.2) is 50.3 Å². The second-order valence-electron chi connectivity index (χ2n) is 5.15. The Labute approximate surface area is 138 Å². The predicted octanol–water partition coefficient (Wildman–Crippen LogP) is 1.04. The summed E-state index contributed by atoms with van der Waals surface area (Å²) in [5.74, 6) is -1.04. The third kappa shape index (κ3) is 4.06. The van der Waals surface area contributed by atoms with Crippen molar-refractivity contribution in [2.75, 3.05) is 7.11 Å². The highest BCUT2D eigenvalue weighted by atomic mass is 16.5. The molecule has 2 N–H and O–H groups in total. The summed E-state index contributed by atoms with van der Waals surface area (Å²) in [6.07, 6.45) is 3.33. The Morgan fingerprint density at radius 3 is 2.79 bits per heavy atom. The Bertz CT molecular complexity index is 702. The van der Waals surface area contributed by atoms with E-state index in [1.165, 1.54) is 18.1 Å². The molecule has 9 heteroatoms. The quantitative estimate of drug-likeness (QED) is 0.740. The lowest BCUT2D eigenvalue weighted by molar-refractivity contribution is -0.139. The highest BCUT2D eigenvalue weighted by Gasteiger charge is 2.21. The molecule has 2 aromatic rings. The van der Waals surface area contributed by atoms with Crippen LogP contribution in [0.5, 0.6) is 5.75 Å². The lowest BCUT2D eigenvalue weighted by atomic mass is 10.1. The molecule has 0 saturated heterocycles. The molecular weight excluding hydrogens is 314 g/mol. The van der Waals surface area contributed by atoms with Crippen molar-refractivity contribution in [2.45, 2.75) is 32.2 Å². The van der Waals surface area contributed by atoms with E-state index in [2.05, 4.69) is 20.8 Å². The maximum atomic E-state index is 12.4. The monoisotopic (exact) mass is 333 g/mol. The molecule has 0 aliphatic rings. The minimum absolute atomic E-state index is 0.295. The van der Waals surface area contributed by atoms with Gasteiger partial charge in [0.25, 0.3) is 5.91 Å². The highest BCUT2D eigenvalue weighted by Crippen LogP contribution is 2.23. The highest BCUT2D eigenvalue weighted by molar-refractivity contribution is 5.97. The van der Waals surface area contributed by atoms with Crippen LogP contribution in [0.4, 0.5) is 0 Å². The van der Waals surface area contributed by atoms with Gasteiger partial charge in [-0.15, -0.1) is 5.10 Å². The molecule has 1 aromatic carbocycles. The number of aliphatic carboxylic acids is 1. The Morgan fingerprint density at radius 2 is 2.21 bits per heavy atom. The molecule has 0 aliphatic heterocycles. The van der Waals surface area contributed by atoms with Gasteiger partial charge < -0.3 is 15.2 Å². The number of carboxylic acids is 1. The van der Waals surface area contributed by atoms with Crippen molar-refractivity contribution in [1.82, 2.24) is 25.5 Å². The molecule has 1 atom stereocenters. The van der Waals surface area contributed by atoms with Crippen molar-refractivity contribution in [1.29, 1.82) is 0 Å². The summed E-state index contributed by atoms with van der Waals surface area (Å²) in [6.45, 7) is 1.96. The van der Waals surface area contributed by atoms with Gasteiger partial charge in [-0.3, -0.25) is 4.79 Å². The number of rotatable bonds is 8. The van der Waals surface area contributed by atoms with Gasteiger partial charge in [0, 0.05) is 5.56 Å². The van der Waals surface area contributed by atoms with Crippen LogP contribution >= 0.6 is 0 Å². The van der Waals surface area contributed by atoms with Gasteiger partial charge in [0.2, 0.25) is 0 Å². The van der Waals surface area contributed by atoms with Gasteiger partial charge in [-0.05, 0) is 35.0 Å². The normalized spacial score (nSPS) is 11.8. The molecule has 128 valence electrons. The van der Waals surface area contributed by atoms with E-state index in [1.54, 1.807) is 18.2 Å². The van der Waals surface area contributed by atoms with Gasteiger partial charge in [0.05, 0.1) is 7.11 Å². The van der Waals surface area contributed by atoms with Crippen molar-refractivity contribution >= 4 is 11.9 Å². The third-order valence-electron chi connectivity index (χ3n) is 3.49. The van der Waals surface area contributed by atoms with Crippen LogP contribution in [0.1, 0.15) is 36.5 Å². The first kappa shape index (κ1) is 17.4. The Balaban J connectivity index is 2.23. The summed E-state index contributed by atoms with van der Waals surface area (Å²) < 4.78 is 6.60. The summed E-state index contributed by atoms with van der Waals surface area (Å²) in [5.41, 5.74) is 0.777. The van der Waals surface area contributed by atoms with Crippen LogP contribution in [0.3, 0.4) is 0 Å². The standard InChI is InChI=1S/C15H19N5O4/c1-3-4-5-11(15(22)23)17-14(21)10-6-7-13(24-2)12(8-10)20-9-16-18-19-20/h6-9,11H,3-5H2,1-2H3,(H,17,21)(H,22,23)/t11-/m0/s1. The third-order valence-corrected chi connectivity index (χ3v) is 3.49. The van der Waals surface area contributed by atoms with E-state index in [4.69, 9.17) is 4.74 Å². The predicted molar refractivity (Wildman–Crippen MR) is 84.1 cm³/mol. The number of amides is 1. The van der Waals surface area contributed by atoms with E-state index < -0.39 is 17.9 Å². The number of ether oxygens (including phenoxy) is 1. The summed E-state index contributed by atoms with van der Waals surface area (Å²) >= 11 is 0. The van der Waals surface area contributed by atoms with Crippen LogP contribution in [0, 0.1) is 0 Å². The lowest BCUT2D eigenvalue weighted by Gasteiger charge is -2.15. The van der Waals surface area contributed by atoms with Gasteiger partial charge in [-0.2, -0.15) is 4.68 Å². The Kier molecular flexibility index (Phi) is 5.83. The molecule has 9 nitrogen and oxygen atoms in total. The molecule has 0 saturated carbocycles. The molecule has 2 rings (SSSR count). The molecule has 0 unspecified atom stereocenters. The van der Waals surface area contributed by atoms with Gasteiger partial charge >= 0.3 is 5.97 Å². The topological polar surface area (TPSA) is 119 Å². The molecule has 0 radical (unpaired) electrons. The second kappa shape index (κ2) is 8.04. The molecule has 1 amide bonds. The first-order valence-electron chi connectivity index (χ1n) is 7.51. The summed E-state index contributed by atoms with van der Waals surface area (Å²) in [4.78, 5) is 23.6. The maximum Gasteiger partial charge on any atom is 0.326 e. The van der Waals surface area contributed by atoms with Crippen molar-refractivity contribution in [3.63, 3.8) is 0 Å². The molecule has 24 heavy (non-hydrogen) atoms. The number of unbranched alkanes of at least 4 members (excludes halogenated alkanes) is 1. The molecular formula is C15H19N5O4. The van der Waals surface area contributed by atoms with E-state index in [1.807, 2.05) is 6.92 Å². The fourth-order valence-electron chi connectivity index (χ4n) is 2.19. The van der Waals surface area contributed by atoms with Crippen LogP contribution in [0.2, 0.25) is 0 Å². The Hall–Kier alpha value is -2.97. The zero-order chi connectivity index (χ0) is 17.5. The van der Waals surface area contributed by atoms with Crippen molar-refractivity contribution in [3.8, 4) is 11.4 Å². The molecule has 0 spiro atoms. The number of benzene rings is 1. The number of hydrogen-bond acceptors (Lipinski definition) is 6. The van der Waals surface area contributed by atoms with E-state index in [-0.39, 0.29) is 0 Å². The smallest absolute Gasteiger partial charge is 0.326 e. The van der Waals surface area contributed by atoms with Crippen LogP contribution in [0.15, 0.2) is 24.5 Å². The average Bonchev–Trinajstić information content (AvgIpc) is 3.11. The average molecular weight is 333 g/mol. The number of methoxy groups -OCH3 is 1. The summed E-state index contributed by atoms with van der Waals surface area (Å²) in [7, 11) is 1.49. The van der Waals surface area contributed by atoms with Crippen molar-refractivity contribution in [2.24, 2.45) is 0 Å². The van der Waals surface area contributed by atoms with Crippen molar-refractivity contribution in [3.05, 3.63) is 30.1 Å². The molecule has 0 bridgehead atoms. The van der Waals surface area contributed by atoms with E-state index in [0.717, 1.165) is 12.8 Å². The lowest BCUT2D eigenvalue weighted by Crippen LogP contribution is -2.40. The second-order valence-corrected chi connectivity index (χ2v) is 5.15. The van der Waals surface area contributed by atoms with Crippen LogP contribution in [0.25, 0.3) is 5.69 Å². The first-order valence-corrected chi connectivity index (χ1v) is 7.51. The number of carbonyl (C=O) groups is 2. The van der Waals surface area contributed by atoms with Gasteiger partial charge in [-0.25, -0.2) is 4.79 Å². The number of carboxylic acid groups (broad SMARTS) is 1. The molecule has 0 fully saturated rings. The van der Waals surface area contributed by atoms with Crippen LogP contribution in [-0.2, 0) is 4.79 Å². The van der Waals surface area contributed by atoms with Gasteiger partial charge in [0.1, 0.15) is 23.8 Å². The number of nitrogens with zero attached hydrogens (tertiary/aromatic N) is 4.